The van der Waals surface area contributed by atoms with Crippen LogP contribution < -0.4 is 0 Å². The number of benzene rings is 1. The van der Waals surface area contributed by atoms with Crippen LogP contribution in [0.4, 0.5) is 0 Å². The highest BCUT2D eigenvalue weighted by Crippen LogP contribution is 2.26. The van der Waals surface area contributed by atoms with Crippen LogP contribution in [0, 0.1) is 0 Å². The van der Waals surface area contributed by atoms with E-state index in [0.29, 0.717) is 0 Å². The monoisotopic (exact) mass is 372 g/mol. The summed E-state index contributed by atoms with van der Waals surface area (Å²) >= 11 is 2.31. The lowest BCUT2D eigenvalue weighted by Gasteiger charge is -2.19. The molecule has 104 valence electrons. The van der Waals surface area contributed by atoms with Crippen LogP contribution in [0.2, 0.25) is 0 Å². The summed E-state index contributed by atoms with van der Waals surface area (Å²) in [5.41, 5.74) is 3.31. The zero-order chi connectivity index (χ0) is 14.5. The average molecular weight is 372 g/mol. The lowest BCUT2D eigenvalue weighted by atomic mass is 9.86. The zero-order valence-electron chi connectivity index (χ0n) is 11.7. The first-order valence-corrected chi connectivity index (χ1v) is 7.97. The zero-order valence-corrected chi connectivity index (χ0v) is 13.9. The van der Waals surface area contributed by atoms with Crippen LogP contribution >= 0.6 is 22.6 Å². The van der Waals surface area contributed by atoms with E-state index in [0.717, 1.165) is 28.4 Å². The van der Waals surface area contributed by atoms with E-state index < -0.39 is 5.97 Å². The number of rotatable bonds is 5. The van der Waals surface area contributed by atoms with Crippen LogP contribution in [0.3, 0.4) is 0 Å². The quantitative estimate of drug-likeness (QED) is 0.464. The summed E-state index contributed by atoms with van der Waals surface area (Å²) in [5, 5.41) is 8.95. The molecule has 0 atom stereocenters. The molecule has 0 amide bonds. The molecule has 0 saturated heterocycles. The van der Waals surface area contributed by atoms with Gasteiger partial charge < -0.3 is 5.11 Å². The third kappa shape index (κ3) is 5.35. The minimum absolute atomic E-state index is 0.122. The minimum atomic E-state index is -0.872. The number of alkyl halides is 1. The first kappa shape index (κ1) is 16.2. The summed E-state index contributed by atoms with van der Waals surface area (Å²) < 4.78 is 1.04. The van der Waals surface area contributed by atoms with Crippen LogP contribution in [0.1, 0.15) is 44.7 Å². The Morgan fingerprint density at radius 1 is 1.26 bits per heavy atom. The van der Waals surface area contributed by atoms with E-state index in [1.54, 1.807) is 0 Å². The molecular weight excluding hydrogens is 351 g/mol. The second-order valence-corrected chi connectivity index (χ2v) is 6.71. The first-order valence-electron chi connectivity index (χ1n) is 6.45. The fraction of sp³-hybridized carbons (Fsp3) is 0.438. The Morgan fingerprint density at radius 2 is 1.84 bits per heavy atom. The maximum absolute atomic E-state index is 10.9. The molecule has 0 bridgehead atoms. The summed E-state index contributed by atoms with van der Waals surface area (Å²) in [6, 6.07) is 8.25. The Labute approximate surface area is 129 Å². The van der Waals surface area contributed by atoms with Gasteiger partial charge in [0.1, 0.15) is 0 Å². The van der Waals surface area contributed by atoms with Crippen LogP contribution in [0.25, 0.3) is 5.57 Å². The standard InChI is InChI=1S/C16H21IO2/c1-16(2,3)14-8-6-12(7-9-14)13(5-4-10-17)11-15(18)19/h6-9,11H,4-5,10H2,1-3H3,(H,18,19)/b13-11+. The van der Waals surface area contributed by atoms with Gasteiger partial charge in [0.2, 0.25) is 0 Å². The third-order valence-corrected chi connectivity index (χ3v) is 3.76. The van der Waals surface area contributed by atoms with Gasteiger partial charge in [-0.15, -0.1) is 0 Å². The Kier molecular flexibility index (Phi) is 6.04. The van der Waals surface area contributed by atoms with E-state index in [9.17, 15) is 4.79 Å². The minimum Gasteiger partial charge on any atom is -0.478 e. The lowest BCUT2D eigenvalue weighted by Crippen LogP contribution is -2.10. The number of hydrogen-bond donors (Lipinski definition) is 1. The van der Waals surface area contributed by atoms with Gasteiger partial charge in [-0.3, -0.25) is 0 Å². The molecule has 0 saturated carbocycles. The number of halogens is 1. The highest BCUT2D eigenvalue weighted by Gasteiger charge is 2.13. The smallest absolute Gasteiger partial charge is 0.328 e. The van der Waals surface area contributed by atoms with Gasteiger partial charge in [0.05, 0.1) is 0 Å². The van der Waals surface area contributed by atoms with E-state index in [4.69, 9.17) is 5.11 Å². The highest BCUT2D eigenvalue weighted by atomic mass is 127. The van der Waals surface area contributed by atoms with Gasteiger partial charge in [-0.25, -0.2) is 4.79 Å². The molecule has 1 aromatic carbocycles. The third-order valence-electron chi connectivity index (χ3n) is 3.00. The maximum atomic E-state index is 10.9. The second kappa shape index (κ2) is 7.08. The Balaban J connectivity index is 3.01. The molecule has 0 aromatic heterocycles. The van der Waals surface area contributed by atoms with Crippen molar-refractivity contribution in [3.8, 4) is 0 Å². The number of carboxylic acids is 1. The van der Waals surface area contributed by atoms with Crippen molar-refractivity contribution in [3.05, 3.63) is 41.5 Å². The first-order chi connectivity index (χ1) is 8.84. The lowest BCUT2D eigenvalue weighted by molar-refractivity contribution is -0.131. The maximum Gasteiger partial charge on any atom is 0.328 e. The molecule has 0 radical (unpaired) electrons. The van der Waals surface area contributed by atoms with Crippen molar-refractivity contribution < 1.29 is 9.90 Å². The fourth-order valence-electron chi connectivity index (χ4n) is 1.89. The highest BCUT2D eigenvalue weighted by molar-refractivity contribution is 14.1. The number of carbonyl (C=O) groups is 1. The molecule has 1 N–H and O–H groups in total. The van der Waals surface area contributed by atoms with Gasteiger partial charge >= 0.3 is 5.97 Å². The molecule has 0 spiro atoms. The summed E-state index contributed by atoms with van der Waals surface area (Å²) in [5.74, 6) is -0.872. The van der Waals surface area contributed by atoms with Crippen molar-refractivity contribution in [2.75, 3.05) is 4.43 Å². The molecule has 1 aromatic rings. The molecule has 0 aliphatic rings. The van der Waals surface area contributed by atoms with Gasteiger partial charge in [0.15, 0.2) is 0 Å². The SMILES string of the molecule is CC(C)(C)c1ccc(/C(=C/C(=O)O)CCCI)cc1. The van der Waals surface area contributed by atoms with Crippen molar-refractivity contribution in [1.82, 2.24) is 0 Å². The molecular formula is C16H21IO2. The van der Waals surface area contributed by atoms with Crippen LogP contribution in [-0.4, -0.2) is 15.5 Å². The molecule has 1 rings (SSSR count). The molecule has 0 heterocycles. The summed E-state index contributed by atoms with van der Waals surface area (Å²) in [6.07, 6.45) is 3.14. The van der Waals surface area contributed by atoms with Crippen molar-refractivity contribution in [3.63, 3.8) is 0 Å². The summed E-state index contributed by atoms with van der Waals surface area (Å²) in [7, 11) is 0. The normalized spacial score (nSPS) is 12.5. The molecule has 0 unspecified atom stereocenters. The molecule has 0 aliphatic carbocycles. The number of carboxylic acid groups (broad SMARTS) is 1. The van der Waals surface area contributed by atoms with Crippen molar-refractivity contribution in [1.29, 1.82) is 0 Å². The molecule has 0 aliphatic heterocycles. The van der Waals surface area contributed by atoms with Crippen molar-refractivity contribution in [2.24, 2.45) is 0 Å². The van der Waals surface area contributed by atoms with Crippen LogP contribution in [0.5, 0.6) is 0 Å². The summed E-state index contributed by atoms with van der Waals surface area (Å²) in [4.78, 5) is 10.9. The van der Waals surface area contributed by atoms with Crippen molar-refractivity contribution in [2.45, 2.75) is 39.0 Å². The Morgan fingerprint density at radius 3 is 2.26 bits per heavy atom. The number of hydrogen-bond acceptors (Lipinski definition) is 1. The van der Waals surface area contributed by atoms with E-state index in [-0.39, 0.29) is 5.41 Å². The number of allylic oxidation sites excluding steroid dienone is 1. The molecule has 3 heteroatoms. The molecule has 0 fully saturated rings. The van der Waals surface area contributed by atoms with Gasteiger partial charge in [-0.1, -0.05) is 67.6 Å². The van der Waals surface area contributed by atoms with Crippen molar-refractivity contribution >= 4 is 34.1 Å². The van der Waals surface area contributed by atoms with E-state index >= 15 is 0 Å². The van der Waals surface area contributed by atoms with Gasteiger partial charge in [0.25, 0.3) is 0 Å². The van der Waals surface area contributed by atoms with E-state index in [1.165, 1.54) is 11.6 Å². The molecule has 2 nitrogen and oxygen atoms in total. The Hall–Kier alpha value is -0.840. The van der Waals surface area contributed by atoms with E-state index in [1.807, 2.05) is 12.1 Å². The van der Waals surface area contributed by atoms with Gasteiger partial charge in [-0.2, -0.15) is 0 Å². The predicted molar refractivity (Wildman–Crippen MR) is 88.9 cm³/mol. The van der Waals surface area contributed by atoms with Crippen LogP contribution in [0.15, 0.2) is 30.3 Å². The summed E-state index contributed by atoms with van der Waals surface area (Å²) in [6.45, 7) is 6.52. The fourth-order valence-corrected chi connectivity index (χ4v) is 2.27. The molecule has 19 heavy (non-hydrogen) atoms. The topological polar surface area (TPSA) is 37.3 Å². The number of aliphatic carboxylic acids is 1. The van der Waals surface area contributed by atoms with E-state index in [2.05, 4.69) is 55.5 Å². The average Bonchev–Trinajstić information content (AvgIpc) is 2.33. The van der Waals surface area contributed by atoms with Gasteiger partial charge in [0, 0.05) is 6.08 Å². The van der Waals surface area contributed by atoms with Crippen LogP contribution in [-0.2, 0) is 10.2 Å². The Bertz CT molecular complexity index is 453. The predicted octanol–water partition coefficient (Wildman–Crippen LogP) is 4.67. The largest absolute Gasteiger partial charge is 0.478 e. The second-order valence-electron chi connectivity index (χ2n) is 5.63. The van der Waals surface area contributed by atoms with Gasteiger partial charge in [-0.05, 0) is 39.4 Å².